The quantitative estimate of drug-likeness (QED) is 0.794. The van der Waals surface area contributed by atoms with E-state index in [4.69, 9.17) is 11.6 Å². The van der Waals surface area contributed by atoms with Crippen LogP contribution < -0.4 is 5.32 Å². The number of halogens is 1. The highest BCUT2D eigenvalue weighted by Gasteiger charge is 2.16. The van der Waals surface area contributed by atoms with Crippen LogP contribution in [-0.2, 0) is 6.54 Å². The van der Waals surface area contributed by atoms with Crippen molar-refractivity contribution < 1.29 is 9.59 Å². The van der Waals surface area contributed by atoms with Gasteiger partial charge in [0, 0.05) is 30.1 Å². The minimum Gasteiger partial charge on any atom is -0.348 e. The van der Waals surface area contributed by atoms with Crippen LogP contribution in [0.4, 0.5) is 0 Å². The number of carbonyl (C=O) groups is 2. The van der Waals surface area contributed by atoms with Crippen molar-refractivity contribution in [1.82, 2.24) is 9.88 Å². The van der Waals surface area contributed by atoms with E-state index in [2.05, 4.69) is 5.32 Å². The lowest BCUT2D eigenvalue weighted by molar-refractivity contribution is 0.0941. The van der Waals surface area contributed by atoms with E-state index in [-0.39, 0.29) is 11.8 Å². The van der Waals surface area contributed by atoms with Crippen molar-refractivity contribution in [3.05, 3.63) is 70.9 Å². The number of amides is 1. The fraction of sp³-hybridized carbons (Fsp3) is 0.111. The van der Waals surface area contributed by atoms with Crippen LogP contribution in [0.5, 0.6) is 0 Å². The van der Waals surface area contributed by atoms with Crippen LogP contribution in [0, 0.1) is 0 Å². The van der Waals surface area contributed by atoms with Crippen LogP contribution in [0.1, 0.15) is 27.6 Å². The maximum absolute atomic E-state index is 12.5. The summed E-state index contributed by atoms with van der Waals surface area (Å²) in [6, 6.07) is 14.7. The highest BCUT2D eigenvalue weighted by atomic mass is 35.5. The zero-order chi connectivity index (χ0) is 16.4. The Morgan fingerprint density at radius 3 is 2.65 bits per heavy atom. The second-order valence-electron chi connectivity index (χ2n) is 5.26. The van der Waals surface area contributed by atoms with Crippen LogP contribution in [0.2, 0.25) is 5.02 Å². The normalized spacial score (nSPS) is 10.7. The standard InChI is InChI=1S/C18H15ClN2O2/c1-12(22)21-11-16(15-7-2-3-8-17(15)21)18(23)20-10-13-5-4-6-14(19)9-13/h2-9,11H,10H2,1H3,(H,20,23). The summed E-state index contributed by atoms with van der Waals surface area (Å²) in [6.45, 7) is 1.85. The molecule has 0 saturated heterocycles. The highest BCUT2D eigenvalue weighted by Crippen LogP contribution is 2.21. The first-order valence-electron chi connectivity index (χ1n) is 7.20. The predicted molar refractivity (Wildman–Crippen MR) is 90.9 cm³/mol. The Labute approximate surface area is 138 Å². The monoisotopic (exact) mass is 326 g/mol. The summed E-state index contributed by atoms with van der Waals surface area (Å²) in [4.78, 5) is 24.2. The molecule has 0 spiro atoms. The molecule has 3 rings (SSSR count). The summed E-state index contributed by atoms with van der Waals surface area (Å²) in [5.74, 6) is -0.351. The topological polar surface area (TPSA) is 51.1 Å². The van der Waals surface area contributed by atoms with Crippen molar-refractivity contribution in [2.75, 3.05) is 0 Å². The van der Waals surface area contributed by atoms with E-state index in [1.807, 2.05) is 36.4 Å². The maximum Gasteiger partial charge on any atom is 0.253 e. The zero-order valence-electron chi connectivity index (χ0n) is 12.5. The van der Waals surface area contributed by atoms with E-state index in [0.29, 0.717) is 17.1 Å². The van der Waals surface area contributed by atoms with E-state index >= 15 is 0 Å². The molecule has 0 atom stereocenters. The van der Waals surface area contributed by atoms with E-state index in [1.54, 1.807) is 18.3 Å². The molecule has 0 aliphatic heterocycles. The molecule has 0 bridgehead atoms. The van der Waals surface area contributed by atoms with Gasteiger partial charge in [0.25, 0.3) is 5.91 Å². The Morgan fingerprint density at radius 2 is 1.91 bits per heavy atom. The molecule has 1 N–H and O–H groups in total. The van der Waals surface area contributed by atoms with Gasteiger partial charge in [-0.25, -0.2) is 0 Å². The second-order valence-corrected chi connectivity index (χ2v) is 5.70. The van der Waals surface area contributed by atoms with Crippen LogP contribution in [0.25, 0.3) is 10.9 Å². The molecule has 0 unspecified atom stereocenters. The van der Waals surface area contributed by atoms with E-state index < -0.39 is 0 Å². The smallest absolute Gasteiger partial charge is 0.253 e. The lowest BCUT2D eigenvalue weighted by Crippen LogP contribution is -2.22. The number of rotatable bonds is 3. The Bertz CT molecular complexity index is 899. The molecule has 1 amide bonds. The molecule has 116 valence electrons. The van der Waals surface area contributed by atoms with Crippen molar-refractivity contribution in [3.63, 3.8) is 0 Å². The van der Waals surface area contributed by atoms with Gasteiger partial charge in [0.1, 0.15) is 0 Å². The highest BCUT2D eigenvalue weighted by molar-refractivity contribution is 6.30. The first-order valence-corrected chi connectivity index (χ1v) is 7.58. The Morgan fingerprint density at radius 1 is 1.13 bits per heavy atom. The summed E-state index contributed by atoms with van der Waals surface area (Å²) < 4.78 is 1.49. The fourth-order valence-electron chi connectivity index (χ4n) is 2.55. The molecule has 0 aliphatic carbocycles. The molecule has 0 aliphatic rings. The molecule has 0 saturated carbocycles. The number of hydrogen-bond acceptors (Lipinski definition) is 2. The molecular weight excluding hydrogens is 312 g/mol. The summed E-state index contributed by atoms with van der Waals surface area (Å²) >= 11 is 5.94. The van der Waals surface area contributed by atoms with Crippen molar-refractivity contribution in [3.8, 4) is 0 Å². The summed E-state index contributed by atoms with van der Waals surface area (Å²) in [5, 5.41) is 4.25. The van der Waals surface area contributed by atoms with Gasteiger partial charge >= 0.3 is 0 Å². The molecular formula is C18H15ClN2O2. The molecule has 4 nitrogen and oxygen atoms in total. The maximum atomic E-state index is 12.5. The molecule has 3 aromatic rings. The lowest BCUT2D eigenvalue weighted by Gasteiger charge is -2.05. The third-order valence-corrected chi connectivity index (χ3v) is 3.87. The van der Waals surface area contributed by atoms with Crippen LogP contribution in [0.15, 0.2) is 54.7 Å². The largest absolute Gasteiger partial charge is 0.348 e. The number of fused-ring (bicyclic) bond motifs is 1. The minimum absolute atomic E-state index is 0.130. The van der Waals surface area contributed by atoms with Gasteiger partial charge in [-0.05, 0) is 23.8 Å². The number of para-hydroxylation sites is 1. The van der Waals surface area contributed by atoms with Gasteiger partial charge in [0.2, 0.25) is 5.91 Å². The number of benzene rings is 2. The number of hydrogen-bond donors (Lipinski definition) is 1. The molecule has 23 heavy (non-hydrogen) atoms. The second kappa shape index (κ2) is 6.26. The van der Waals surface area contributed by atoms with Gasteiger partial charge in [-0.2, -0.15) is 0 Å². The Kier molecular flexibility index (Phi) is 4.17. The van der Waals surface area contributed by atoms with E-state index in [1.165, 1.54) is 11.5 Å². The SMILES string of the molecule is CC(=O)n1cc(C(=O)NCc2cccc(Cl)c2)c2ccccc21. The van der Waals surface area contributed by atoms with Crippen LogP contribution in [0.3, 0.4) is 0 Å². The fourth-order valence-corrected chi connectivity index (χ4v) is 2.76. The lowest BCUT2D eigenvalue weighted by atomic mass is 10.1. The summed E-state index contributed by atoms with van der Waals surface area (Å²) in [6.07, 6.45) is 1.58. The summed E-state index contributed by atoms with van der Waals surface area (Å²) in [5.41, 5.74) is 2.13. The number of aromatic nitrogens is 1. The predicted octanol–water partition coefficient (Wildman–Crippen LogP) is 3.88. The van der Waals surface area contributed by atoms with Crippen molar-refractivity contribution >= 4 is 34.3 Å². The zero-order valence-corrected chi connectivity index (χ0v) is 13.3. The third-order valence-electron chi connectivity index (χ3n) is 3.64. The van der Waals surface area contributed by atoms with Crippen LogP contribution in [-0.4, -0.2) is 16.4 Å². The third kappa shape index (κ3) is 3.12. The number of nitrogens with zero attached hydrogens (tertiary/aromatic N) is 1. The van der Waals surface area contributed by atoms with Gasteiger partial charge in [-0.15, -0.1) is 0 Å². The average molecular weight is 327 g/mol. The minimum atomic E-state index is -0.221. The molecule has 1 aromatic heterocycles. The number of carbonyl (C=O) groups excluding carboxylic acids is 2. The Balaban J connectivity index is 1.88. The van der Waals surface area contributed by atoms with Crippen molar-refractivity contribution in [1.29, 1.82) is 0 Å². The van der Waals surface area contributed by atoms with Crippen LogP contribution >= 0.6 is 11.6 Å². The van der Waals surface area contributed by atoms with Gasteiger partial charge < -0.3 is 5.32 Å². The Hall–Kier alpha value is -2.59. The van der Waals surface area contributed by atoms with E-state index in [9.17, 15) is 9.59 Å². The first kappa shape index (κ1) is 15.3. The average Bonchev–Trinajstić information content (AvgIpc) is 2.93. The molecule has 0 fully saturated rings. The summed E-state index contributed by atoms with van der Waals surface area (Å²) in [7, 11) is 0. The molecule has 5 heteroatoms. The molecule has 1 heterocycles. The van der Waals surface area contributed by atoms with Crippen molar-refractivity contribution in [2.45, 2.75) is 13.5 Å². The first-order chi connectivity index (χ1) is 11.1. The molecule has 2 aromatic carbocycles. The van der Waals surface area contributed by atoms with E-state index in [0.717, 1.165) is 16.5 Å². The van der Waals surface area contributed by atoms with Crippen molar-refractivity contribution in [2.24, 2.45) is 0 Å². The molecule has 0 radical (unpaired) electrons. The van der Waals surface area contributed by atoms with Gasteiger partial charge in [-0.1, -0.05) is 41.9 Å². The van der Waals surface area contributed by atoms with Gasteiger partial charge in [-0.3, -0.25) is 14.2 Å². The van der Waals surface area contributed by atoms with Gasteiger partial charge in [0.15, 0.2) is 0 Å². The van der Waals surface area contributed by atoms with Gasteiger partial charge in [0.05, 0.1) is 11.1 Å². The number of nitrogens with one attached hydrogen (secondary N) is 1.